The molecular weight excluding hydrogens is 378 g/mol. The number of halogens is 2. The van der Waals surface area contributed by atoms with Gasteiger partial charge in [-0.2, -0.15) is 0 Å². The molecule has 0 fully saturated rings. The van der Waals surface area contributed by atoms with Crippen molar-refractivity contribution in [1.82, 2.24) is 5.16 Å². The van der Waals surface area contributed by atoms with E-state index in [2.05, 4.69) is 10.5 Å². The van der Waals surface area contributed by atoms with E-state index in [1.165, 1.54) is 12.1 Å². The minimum absolute atomic E-state index is 0.0304. The number of hydrogen-bond acceptors (Lipinski definition) is 4. The number of ether oxygens (including phenoxy) is 1. The first-order valence-corrected chi connectivity index (χ1v) is 9.13. The normalized spacial score (nSPS) is 11.3. The average molecular weight is 400 g/mol. The largest absolute Gasteiger partial charge is 0.489 e. The zero-order chi connectivity index (χ0) is 21.0. The molecule has 0 radical (unpaired) electrons. The van der Waals surface area contributed by atoms with Crippen LogP contribution in [0.2, 0.25) is 0 Å². The second-order valence-corrected chi connectivity index (χ2v) is 7.75. The molecule has 0 saturated carbocycles. The van der Waals surface area contributed by atoms with Crippen LogP contribution in [-0.4, -0.2) is 11.1 Å². The molecule has 1 N–H and O–H groups in total. The van der Waals surface area contributed by atoms with Crippen LogP contribution in [0.3, 0.4) is 0 Å². The van der Waals surface area contributed by atoms with Crippen LogP contribution >= 0.6 is 0 Å². The van der Waals surface area contributed by atoms with Gasteiger partial charge in [0.2, 0.25) is 5.91 Å². The summed E-state index contributed by atoms with van der Waals surface area (Å²) in [4.78, 5) is 12.2. The van der Waals surface area contributed by atoms with E-state index in [1.807, 2.05) is 20.8 Å². The van der Waals surface area contributed by atoms with Gasteiger partial charge in [-0.15, -0.1) is 0 Å². The molecule has 0 aliphatic carbocycles. The van der Waals surface area contributed by atoms with Crippen molar-refractivity contribution in [1.29, 1.82) is 0 Å². The molecule has 2 aromatic carbocycles. The summed E-state index contributed by atoms with van der Waals surface area (Å²) in [6, 6.07) is 11.7. The van der Waals surface area contributed by atoms with Crippen LogP contribution in [0.4, 0.5) is 14.5 Å². The number of nitrogens with one attached hydrogen (secondary N) is 1. The van der Waals surface area contributed by atoms with Crippen LogP contribution in [-0.2, 0) is 23.2 Å². The smallest absolute Gasteiger partial charge is 0.230 e. The van der Waals surface area contributed by atoms with E-state index < -0.39 is 11.6 Å². The first-order chi connectivity index (χ1) is 13.7. The summed E-state index contributed by atoms with van der Waals surface area (Å²) >= 11 is 0. The minimum atomic E-state index is -0.650. The number of nitrogens with zero attached hydrogens (tertiary/aromatic N) is 1. The van der Waals surface area contributed by atoms with E-state index in [4.69, 9.17) is 9.26 Å². The highest BCUT2D eigenvalue weighted by molar-refractivity contribution is 5.92. The Morgan fingerprint density at radius 1 is 1.07 bits per heavy atom. The van der Waals surface area contributed by atoms with Crippen LogP contribution in [0.25, 0.3) is 0 Å². The summed E-state index contributed by atoms with van der Waals surface area (Å²) in [5.41, 5.74) is 1.38. The zero-order valence-corrected chi connectivity index (χ0v) is 16.5. The lowest BCUT2D eigenvalue weighted by Gasteiger charge is -2.12. The lowest BCUT2D eigenvalue weighted by atomic mass is 9.93. The van der Waals surface area contributed by atoms with Crippen LogP contribution < -0.4 is 10.1 Å². The molecule has 7 heteroatoms. The Morgan fingerprint density at radius 2 is 1.72 bits per heavy atom. The van der Waals surface area contributed by atoms with Gasteiger partial charge in [0.05, 0.1) is 12.1 Å². The molecule has 1 amide bonds. The fourth-order valence-electron chi connectivity index (χ4n) is 2.61. The van der Waals surface area contributed by atoms with E-state index in [0.717, 1.165) is 11.8 Å². The van der Waals surface area contributed by atoms with Crippen LogP contribution in [0.15, 0.2) is 53.1 Å². The molecule has 0 saturated heterocycles. The van der Waals surface area contributed by atoms with E-state index in [-0.39, 0.29) is 24.3 Å². The SMILES string of the molecule is CC(C)(C)c1cc(CC(=O)Nc2ccc(OCc3cc(F)cc(F)c3)cc2)no1. The van der Waals surface area contributed by atoms with Crippen molar-refractivity contribution < 1.29 is 22.8 Å². The first-order valence-electron chi connectivity index (χ1n) is 9.13. The predicted octanol–water partition coefficient (Wildman–Crippen LogP) is 5.01. The van der Waals surface area contributed by atoms with Gasteiger partial charge in [0, 0.05) is 23.2 Å². The maximum atomic E-state index is 13.2. The zero-order valence-electron chi connectivity index (χ0n) is 16.5. The summed E-state index contributed by atoms with van der Waals surface area (Å²) < 4.78 is 37.2. The summed E-state index contributed by atoms with van der Waals surface area (Å²) in [6.45, 7) is 6.05. The number of rotatable bonds is 6. The summed E-state index contributed by atoms with van der Waals surface area (Å²) in [6.07, 6.45) is 0.100. The quantitative estimate of drug-likeness (QED) is 0.632. The highest BCUT2D eigenvalue weighted by Gasteiger charge is 2.20. The third-order valence-electron chi connectivity index (χ3n) is 4.11. The number of anilines is 1. The second kappa shape index (κ2) is 8.43. The Balaban J connectivity index is 1.53. The second-order valence-electron chi connectivity index (χ2n) is 7.75. The van der Waals surface area contributed by atoms with Gasteiger partial charge in [0.25, 0.3) is 0 Å². The lowest BCUT2D eigenvalue weighted by molar-refractivity contribution is -0.115. The predicted molar refractivity (Wildman–Crippen MR) is 105 cm³/mol. The Hall–Kier alpha value is -3.22. The molecule has 0 unspecified atom stereocenters. The number of carbonyl (C=O) groups excluding carboxylic acids is 1. The monoisotopic (exact) mass is 400 g/mol. The highest BCUT2D eigenvalue weighted by atomic mass is 19.1. The molecule has 29 heavy (non-hydrogen) atoms. The van der Waals surface area contributed by atoms with E-state index >= 15 is 0 Å². The van der Waals surface area contributed by atoms with Crippen molar-refractivity contribution in [2.75, 3.05) is 5.32 Å². The fourth-order valence-corrected chi connectivity index (χ4v) is 2.61. The Labute approximate surface area is 167 Å². The van der Waals surface area contributed by atoms with Gasteiger partial charge >= 0.3 is 0 Å². The summed E-state index contributed by atoms with van der Waals surface area (Å²) in [7, 11) is 0. The molecule has 0 bridgehead atoms. The summed E-state index contributed by atoms with van der Waals surface area (Å²) in [5.74, 6) is -0.284. The van der Waals surface area contributed by atoms with E-state index in [0.29, 0.717) is 22.7 Å². The Kier molecular flexibility index (Phi) is 5.96. The molecule has 0 aliphatic heterocycles. The molecule has 1 heterocycles. The minimum Gasteiger partial charge on any atom is -0.489 e. The van der Waals surface area contributed by atoms with Crippen LogP contribution in [0.5, 0.6) is 5.75 Å². The fraction of sp³-hybridized carbons (Fsp3) is 0.273. The van der Waals surface area contributed by atoms with Gasteiger partial charge in [-0.3, -0.25) is 4.79 Å². The molecule has 3 aromatic rings. The van der Waals surface area contributed by atoms with Crippen molar-refractivity contribution in [3.05, 3.63) is 77.2 Å². The maximum absolute atomic E-state index is 13.2. The highest BCUT2D eigenvalue weighted by Crippen LogP contribution is 2.23. The number of benzene rings is 2. The molecule has 0 spiro atoms. The third-order valence-corrected chi connectivity index (χ3v) is 4.11. The topological polar surface area (TPSA) is 64.4 Å². The number of carbonyl (C=O) groups is 1. The van der Waals surface area contributed by atoms with Gasteiger partial charge in [0.15, 0.2) is 0 Å². The standard InChI is InChI=1S/C22H22F2N2O3/c1-22(2,3)20-11-18(26-29-20)12-21(27)25-17-4-6-19(7-5-17)28-13-14-8-15(23)10-16(24)9-14/h4-11H,12-13H2,1-3H3,(H,25,27). The van der Waals surface area contributed by atoms with E-state index in [9.17, 15) is 13.6 Å². The van der Waals surface area contributed by atoms with Gasteiger partial charge in [-0.1, -0.05) is 25.9 Å². The van der Waals surface area contributed by atoms with Gasteiger partial charge in [-0.25, -0.2) is 8.78 Å². The van der Waals surface area contributed by atoms with E-state index in [1.54, 1.807) is 30.3 Å². The van der Waals surface area contributed by atoms with Crippen molar-refractivity contribution >= 4 is 11.6 Å². The lowest BCUT2D eigenvalue weighted by Crippen LogP contribution is -2.14. The van der Waals surface area contributed by atoms with Crippen LogP contribution in [0.1, 0.15) is 37.8 Å². The average Bonchev–Trinajstić information content (AvgIpc) is 3.09. The number of aromatic nitrogens is 1. The maximum Gasteiger partial charge on any atom is 0.230 e. The van der Waals surface area contributed by atoms with Crippen molar-refractivity contribution in [3.63, 3.8) is 0 Å². The number of amides is 1. The summed E-state index contributed by atoms with van der Waals surface area (Å²) in [5, 5.41) is 6.71. The van der Waals surface area contributed by atoms with Crippen molar-refractivity contribution in [2.45, 2.75) is 39.2 Å². The molecule has 3 rings (SSSR count). The van der Waals surface area contributed by atoms with Crippen molar-refractivity contribution in [3.8, 4) is 5.75 Å². The van der Waals surface area contributed by atoms with Gasteiger partial charge in [-0.05, 0) is 42.0 Å². The molecule has 0 aliphatic rings. The van der Waals surface area contributed by atoms with Gasteiger partial charge in [0.1, 0.15) is 29.8 Å². The first kappa shape index (κ1) is 20.5. The Bertz CT molecular complexity index is 972. The molecule has 1 aromatic heterocycles. The third kappa shape index (κ3) is 5.88. The molecule has 5 nitrogen and oxygen atoms in total. The van der Waals surface area contributed by atoms with Crippen molar-refractivity contribution in [2.24, 2.45) is 0 Å². The van der Waals surface area contributed by atoms with Gasteiger partial charge < -0.3 is 14.6 Å². The van der Waals surface area contributed by atoms with Crippen LogP contribution in [0, 0.1) is 11.6 Å². The molecular formula is C22H22F2N2O3. The molecule has 152 valence electrons. The molecule has 0 atom stereocenters. The Morgan fingerprint density at radius 3 is 2.31 bits per heavy atom. The number of hydrogen-bond donors (Lipinski definition) is 1.